The Balaban J connectivity index is 0.000000468. The SMILES string of the molecule is CC(C)(C)CN.CC(C)=NOS(=O)(=O)c1ccc(C)cc1.c1ccncc1.c1ccncc1. The summed E-state index contributed by atoms with van der Waals surface area (Å²) in [7, 11) is -3.76. The molecule has 0 aliphatic heterocycles. The molecule has 0 atom stereocenters. The Morgan fingerprint density at radius 3 is 1.52 bits per heavy atom. The molecule has 0 spiro atoms. The minimum Gasteiger partial charge on any atom is -0.330 e. The highest BCUT2D eigenvalue weighted by Gasteiger charge is 2.14. The fraction of sp³-hybridized carbons (Fsp3) is 0.320. The number of aryl methyl sites for hydroxylation is 1. The third-order valence-corrected chi connectivity index (χ3v) is 4.49. The first kappa shape index (κ1) is 29.9. The van der Waals surface area contributed by atoms with Crippen LogP contribution >= 0.6 is 0 Å². The minimum atomic E-state index is -3.76. The monoisotopic (exact) mass is 472 g/mol. The number of rotatable bonds is 3. The summed E-state index contributed by atoms with van der Waals surface area (Å²) >= 11 is 0. The lowest BCUT2D eigenvalue weighted by atomic mass is 9.98. The molecule has 3 rings (SSSR count). The normalized spacial score (nSPS) is 10.0. The predicted octanol–water partition coefficient (Wildman–Crippen LogP) is 5.25. The standard InChI is InChI=1S/C10H13NO3S.2C5H5N.C5H13N/c1-8(2)11-14-15(12,13)10-6-4-9(3)5-7-10;2*1-2-4-6-5-3-1;1-5(2,3)4-6/h4-7H,1-3H3;2*1-5H;4,6H2,1-3H3. The van der Waals surface area contributed by atoms with Crippen molar-refractivity contribution in [2.45, 2.75) is 46.4 Å². The Bertz CT molecular complexity index is 898. The summed E-state index contributed by atoms with van der Waals surface area (Å²) in [5.41, 5.74) is 7.16. The Kier molecular flexibility index (Phi) is 15.0. The van der Waals surface area contributed by atoms with Gasteiger partial charge in [-0.3, -0.25) is 14.3 Å². The molecule has 8 heteroatoms. The molecule has 7 nitrogen and oxygen atoms in total. The molecule has 3 aromatic rings. The molecule has 0 unspecified atom stereocenters. The molecule has 33 heavy (non-hydrogen) atoms. The van der Waals surface area contributed by atoms with Crippen LogP contribution in [0, 0.1) is 12.3 Å². The van der Waals surface area contributed by atoms with Crippen LogP contribution in [0.5, 0.6) is 0 Å². The highest BCUT2D eigenvalue weighted by molar-refractivity contribution is 7.86. The molecule has 0 saturated carbocycles. The largest absolute Gasteiger partial charge is 0.358 e. The van der Waals surface area contributed by atoms with Crippen LogP contribution in [0.25, 0.3) is 0 Å². The average Bonchev–Trinajstić information content (AvgIpc) is 2.81. The molecule has 0 fully saturated rings. The van der Waals surface area contributed by atoms with Crippen molar-refractivity contribution < 1.29 is 12.7 Å². The predicted molar refractivity (Wildman–Crippen MR) is 135 cm³/mol. The van der Waals surface area contributed by atoms with Crippen LogP contribution in [0.3, 0.4) is 0 Å². The van der Waals surface area contributed by atoms with Gasteiger partial charge in [0.2, 0.25) is 0 Å². The number of hydrogen-bond acceptors (Lipinski definition) is 7. The van der Waals surface area contributed by atoms with E-state index in [0.29, 0.717) is 11.1 Å². The van der Waals surface area contributed by atoms with Crippen LogP contribution < -0.4 is 5.73 Å². The van der Waals surface area contributed by atoms with Gasteiger partial charge in [-0.1, -0.05) is 55.8 Å². The summed E-state index contributed by atoms with van der Waals surface area (Å²) in [6.07, 6.45) is 7.00. The topological polar surface area (TPSA) is 108 Å². The summed E-state index contributed by atoms with van der Waals surface area (Å²) in [5.74, 6) is 0. The van der Waals surface area contributed by atoms with E-state index in [1.807, 2.05) is 43.3 Å². The Labute approximate surface area is 198 Å². The van der Waals surface area contributed by atoms with Gasteiger partial charge in [-0.2, -0.15) is 8.42 Å². The van der Waals surface area contributed by atoms with E-state index in [0.717, 1.165) is 12.1 Å². The fourth-order valence-electron chi connectivity index (χ4n) is 1.50. The number of oxime groups is 1. The van der Waals surface area contributed by atoms with E-state index in [9.17, 15) is 8.42 Å². The van der Waals surface area contributed by atoms with E-state index < -0.39 is 10.1 Å². The first-order valence-corrected chi connectivity index (χ1v) is 11.8. The van der Waals surface area contributed by atoms with Gasteiger partial charge in [-0.25, -0.2) is 0 Å². The van der Waals surface area contributed by atoms with E-state index in [1.54, 1.807) is 50.8 Å². The van der Waals surface area contributed by atoms with Gasteiger partial charge in [-0.05, 0) is 69.1 Å². The maximum absolute atomic E-state index is 11.5. The minimum absolute atomic E-state index is 0.109. The molecule has 2 heterocycles. The Morgan fingerprint density at radius 2 is 1.27 bits per heavy atom. The zero-order valence-electron chi connectivity index (χ0n) is 20.3. The zero-order valence-corrected chi connectivity index (χ0v) is 21.2. The molecule has 0 bridgehead atoms. The lowest BCUT2D eigenvalue weighted by molar-refractivity contribution is 0.338. The second-order valence-electron chi connectivity index (χ2n) is 8.19. The van der Waals surface area contributed by atoms with E-state index in [4.69, 9.17) is 5.73 Å². The van der Waals surface area contributed by atoms with Crippen molar-refractivity contribution in [1.82, 2.24) is 9.97 Å². The van der Waals surface area contributed by atoms with Crippen molar-refractivity contribution in [2.24, 2.45) is 16.3 Å². The first-order valence-electron chi connectivity index (χ1n) is 10.4. The Hall–Kier alpha value is -3.10. The second kappa shape index (κ2) is 16.5. The molecule has 2 N–H and O–H groups in total. The van der Waals surface area contributed by atoms with Crippen LogP contribution in [0.2, 0.25) is 0 Å². The first-order chi connectivity index (χ1) is 15.5. The highest BCUT2D eigenvalue weighted by atomic mass is 32.2. The van der Waals surface area contributed by atoms with Gasteiger partial charge in [0.05, 0.1) is 5.71 Å². The van der Waals surface area contributed by atoms with Crippen LogP contribution in [0.1, 0.15) is 40.2 Å². The average molecular weight is 473 g/mol. The molecule has 1 aromatic carbocycles. The summed E-state index contributed by atoms with van der Waals surface area (Å²) in [4.78, 5) is 7.68. The van der Waals surface area contributed by atoms with Crippen molar-refractivity contribution in [3.8, 4) is 0 Å². The smallest absolute Gasteiger partial charge is 0.330 e. The van der Waals surface area contributed by atoms with Gasteiger partial charge in [0.25, 0.3) is 0 Å². The quantitative estimate of drug-likeness (QED) is 0.412. The van der Waals surface area contributed by atoms with Crippen molar-refractivity contribution in [2.75, 3.05) is 6.54 Å². The van der Waals surface area contributed by atoms with Crippen molar-refractivity contribution in [1.29, 1.82) is 0 Å². The van der Waals surface area contributed by atoms with Gasteiger partial charge in [0.1, 0.15) is 4.90 Å². The molecular weight excluding hydrogens is 436 g/mol. The van der Waals surface area contributed by atoms with Crippen LogP contribution in [-0.2, 0) is 14.4 Å². The molecular formula is C25H36N4O3S. The van der Waals surface area contributed by atoms with Crippen LogP contribution in [0.4, 0.5) is 0 Å². The van der Waals surface area contributed by atoms with E-state index in [1.165, 1.54) is 12.1 Å². The number of hydrogen-bond donors (Lipinski definition) is 1. The van der Waals surface area contributed by atoms with Gasteiger partial charge in [-0.15, -0.1) is 0 Å². The molecule has 0 aliphatic carbocycles. The second-order valence-corrected chi connectivity index (χ2v) is 9.72. The zero-order chi connectivity index (χ0) is 25.2. The number of aromatic nitrogens is 2. The van der Waals surface area contributed by atoms with E-state index >= 15 is 0 Å². The Morgan fingerprint density at radius 1 is 0.879 bits per heavy atom. The lowest BCUT2D eigenvalue weighted by Crippen LogP contribution is -2.18. The maximum atomic E-state index is 11.5. The third kappa shape index (κ3) is 18.2. The highest BCUT2D eigenvalue weighted by Crippen LogP contribution is 2.13. The van der Waals surface area contributed by atoms with Crippen LogP contribution in [0.15, 0.2) is 95.5 Å². The number of pyridine rings is 2. The summed E-state index contributed by atoms with van der Waals surface area (Å²) in [5, 5.41) is 3.42. The molecule has 0 saturated heterocycles. The summed E-state index contributed by atoms with van der Waals surface area (Å²) in [6.45, 7) is 12.3. The number of benzene rings is 1. The maximum Gasteiger partial charge on any atom is 0.358 e. The van der Waals surface area contributed by atoms with Crippen molar-refractivity contribution >= 4 is 15.8 Å². The molecule has 2 aromatic heterocycles. The molecule has 180 valence electrons. The van der Waals surface area contributed by atoms with Crippen molar-refractivity contribution in [3.05, 3.63) is 91.0 Å². The van der Waals surface area contributed by atoms with E-state index in [2.05, 4.69) is 40.2 Å². The van der Waals surface area contributed by atoms with Crippen molar-refractivity contribution in [3.63, 3.8) is 0 Å². The number of nitrogens with zero attached hydrogens (tertiary/aromatic N) is 3. The van der Waals surface area contributed by atoms with Gasteiger partial charge in [0, 0.05) is 24.8 Å². The van der Waals surface area contributed by atoms with Gasteiger partial charge >= 0.3 is 10.1 Å². The molecule has 0 amide bonds. The lowest BCUT2D eigenvalue weighted by Gasteiger charge is -2.12. The van der Waals surface area contributed by atoms with Gasteiger partial charge in [0.15, 0.2) is 0 Å². The van der Waals surface area contributed by atoms with E-state index in [-0.39, 0.29) is 4.90 Å². The number of nitrogens with two attached hydrogens (primary N) is 1. The fourth-order valence-corrected chi connectivity index (χ4v) is 2.30. The molecule has 0 radical (unpaired) electrons. The van der Waals surface area contributed by atoms with Gasteiger partial charge < -0.3 is 5.73 Å². The summed E-state index contributed by atoms with van der Waals surface area (Å²) in [6, 6.07) is 17.8. The summed E-state index contributed by atoms with van der Waals surface area (Å²) < 4.78 is 27.5. The molecule has 0 aliphatic rings. The van der Waals surface area contributed by atoms with Crippen LogP contribution in [-0.4, -0.2) is 30.6 Å². The third-order valence-electron chi connectivity index (χ3n) is 3.37.